The summed E-state index contributed by atoms with van der Waals surface area (Å²) >= 11 is 0. The molecule has 0 atom stereocenters. The van der Waals surface area contributed by atoms with Crippen molar-refractivity contribution in [3.63, 3.8) is 0 Å². The van der Waals surface area contributed by atoms with Crippen molar-refractivity contribution in [2.75, 3.05) is 0 Å². The Morgan fingerprint density at radius 1 is 0.300 bits per heavy atom. The van der Waals surface area contributed by atoms with Crippen LogP contribution in [0.3, 0.4) is 0 Å². The van der Waals surface area contributed by atoms with Gasteiger partial charge in [0.15, 0.2) is 17.5 Å². The zero-order chi connectivity index (χ0) is 33.7. The van der Waals surface area contributed by atoms with Gasteiger partial charge in [0.1, 0.15) is 0 Å². The van der Waals surface area contributed by atoms with Crippen LogP contribution in [0.1, 0.15) is 5.56 Å². The van der Waals surface area contributed by atoms with Crippen LogP contribution in [-0.4, -0.2) is 15.0 Å². The first kappa shape index (κ1) is 30.4. The van der Waals surface area contributed by atoms with Gasteiger partial charge in [-0.1, -0.05) is 164 Å². The van der Waals surface area contributed by atoms with E-state index in [4.69, 9.17) is 15.0 Å². The molecule has 7 aromatic carbocycles. The highest BCUT2D eigenvalue weighted by Crippen LogP contribution is 2.36. The van der Waals surface area contributed by atoms with Gasteiger partial charge in [-0.05, 0) is 62.7 Å². The minimum absolute atomic E-state index is 0.590. The van der Waals surface area contributed by atoms with E-state index in [0.717, 1.165) is 61.2 Å². The molecule has 4 nitrogen and oxygen atoms in total. The Morgan fingerprint density at radius 3 is 1.14 bits per heavy atom. The highest BCUT2D eigenvalue weighted by Gasteiger charge is 2.17. The van der Waals surface area contributed by atoms with Crippen molar-refractivity contribution in [3.05, 3.63) is 188 Å². The lowest BCUT2D eigenvalue weighted by Crippen LogP contribution is -2.01. The van der Waals surface area contributed by atoms with E-state index in [1.807, 2.05) is 66.7 Å². The van der Waals surface area contributed by atoms with Gasteiger partial charge in [-0.15, -0.1) is 0 Å². The number of rotatable bonds is 7. The van der Waals surface area contributed by atoms with Crippen LogP contribution < -0.4 is 0 Å². The van der Waals surface area contributed by atoms with E-state index >= 15 is 0 Å². The normalized spacial score (nSPS) is 10.8. The summed E-state index contributed by atoms with van der Waals surface area (Å²) in [5.41, 5.74) is 12.1. The third kappa shape index (κ3) is 6.32. The van der Waals surface area contributed by atoms with Gasteiger partial charge in [0.25, 0.3) is 0 Å². The predicted molar refractivity (Wildman–Crippen MR) is 203 cm³/mol. The number of nitriles is 1. The van der Waals surface area contributed by atoms with Crippen LogP contribution in [0.25, 0.3) is 78.7 Å². The zero-order valence-electron chi connectivity index (χ0n) is 27.1. The SMILES string of the molecule is N#Cc1ccc(-c2ccc(-c3nc(-c4ccc(-c5ccccc5)cc4)nc(-c4cc(-c5ccccc5)ccc4-c4ccccc4)n3)cc2)cc1. The molecule has 234 valence electrons. The summed E-state index contributed by atoms with van der Waals surface area (Å²) in [6.07, 6.45) is 0. The van der Waals surface area contributed by atoms with Crippen LogP contribution in [-0.2, 0) is 0 Å². The van der Waals surface area contributed by atoms with Crippen molar-refractivity contribution >= 4 is 0 Å². The minimum Gasteiger partial charge on any atom is -0.208 e. The second kappa shape index (κ2) is 13.6. The predicted octanol–water partition coefficient (Wildman–Crippen LogP) is 11.4. The van der Waals surface area contributed by atoms with Gasteiger partial charge in [0.05, 0.1) is 11.6 Å². The van der Waals surface area contributed by atoms with E-state index in [1.54, 1.807) is 0 Å². The summed E-state index contributed by atoms with van der Waals surface area (Å²) in [4.78, 5) is 15.4. The molecule has 1 aromatic heterocycles. The van der Waals surface area contributed by atoms with Crippen LogP contribution in [0.2, 0.25) is 0 Å². The molecular formula is C46H30N4. The van der Waals surface area contributed by atoms with Crippen molar-refractivity contribution < 1.29 is 0 Å². The Morgan fingerprint density at radius 2 is 0.660 bits per heavy atom. The first-order valence-corrected chi connectivity index (χ1v) is 16.5. The molecule has 0 aliphatic carbocycles. The number of aromatic nitrogens is 3. The second-order valence-corrected chi connectivity index (χ2v) is 12.0. The first-order valence-electron chi connectivity index (χ1n) is 16.5. The number of hydrogen-bond donors (Lipinski definition) is 0. The molecule has 0 fully saturated rings. The molecule has 0 radical (unpaired) electrons. The molecule has 0 bridgehead atoms. The highest BCUT2D eigenvalue weighted by atomic mass is 15.0. The standard InChI is InChI=1S/C46H30N4/c47-31-32-16-18-35(19-17-32)37-22-26-40(27-23-37)45-48-44(39-24-20-36(21-25-39)33-10-4-1-5-11-33)49-46(50-45)43-30-41(34-12-6-2-7-13-34)28-29-42(43)38-14-8-3-9-15-38/h1-30H. The molecule has 8 rings (SSSR count). The van der Waals surface area contributed by atoms with Gasteiger partial charge in [-0.3, -0.25) is 0 Å². The molecule has 0 unspecified atom stereocenters. The summed E-state index contributed by atoms with van der Waals surface area (Å²) in [6.45, 7) is 0. The molecule has 50 heavy (non-hydrogen) atoms. The van der Waals surface area contributed by atoms with Crippen molar-refractivity contribution in [2.45, 2.75) is 0 Å². The van der Waals surface area contributed by atoms with Gasteiger partial charge in [0, 0.05) is 16.7 Å². The van der Waals surface area contributed by atoms with Crippen LogP contribution in [0, 0.1) is 11.3 Å². The maximum absolute atomic E-state index is 9.22. The lowest BCUT2D eigenvalue weighted by Gasteiger charge is -2.14. The largest absolute Gasteiger partial charge is 0.208 e. The maximum Gasteiger partial charge on any atom is 0.164 e. The average molecular weight is 639 g/mol. The lowest BCUT2D eigenvalue weighted by atomic mass is 9.94. The molecule has 0 aliphatic heterocycles. The third-order valence-corrected chi connectivity index (χ3v) is 8.83. The van der Waals surface area contributed by atoms with E-state index in [1.165, 1.54) is 0 Å². The molecule has 0 saturated heterocycles. The monoisotopic (exact) mass is 638 g/mol. The van der Waals surface area contributed by atoms with E-state index in [2.05, 4.69) is 121 Å². The molecule has 0 amide bonds. The first-order chi connectivity index (χ1) is 24.7. The summed E-state index contributed by atoms with van der Waals surface area (Å²) in [5.74, 6) is 1.79. The third-order valence-electron chi connectivity index (χ3n) is 8.83. The molecule has 0 saturated carbocycles. The Bertz CT molecular complexity index is 2430. The zero-order valence-corrected chi connectivity index (χ0v) is 27.1. The van der Waals surface area contributed by atoms with Crippen LogP contribution in [0.5, 0.6) is 0 Å². The van der Waals surface area contributed by atoms with Crippen LogP contribution >= 0.6 is 0 Å². The van der Waals surface area contributed by atoms with Crippen molar-refractivity contribution in [1.82, 2.24) is 15.0 Å². The quantitative estimate of drug-likeness (QED) is 0.174. The Balaban J connectivity index is 1.28. The fourth-order valence-electron chi connectivity index (χ4n) is 6.15. The molecule has 1 heterocycles. The smallest absolute Gasteiger partial charge is 0.164 e. The maximum atomic E-state index is 9.22. The van der Waals surface area contributed by atoms with Gasteiger partial charge < -0.3 is 0 Å². The fourth-order valence-corrected chi connectivity index (χ4v) is 6.15. The highest BCUT2D eigenvalue weighted by molar-refractivity contribution is 5.86. The molecule has 4 heteroatoms. The van der Waals surface area contributed by atoms with Gasteiger partial charge in [-0.2, -0.15) is 5.26 Å². The van der Waals surface area contributed by atoms with E-state index < -0.39 is 0 Å². The molecule has 0 N–H and O–H groups in total. The molecule has 0 spiro atoms. The van der Waals surface area contributed by atoms with Gasteiger partial charge >= 0.3 is 0 Å². The number of nitrogens with zero attached hydrogens (tertiary/aromatic N) is 4. The van der Waals surface area contributed by atoms with Crippen molar-refractivity contribution in [2.24, 2.45) is 0 Å². The topological polar surface area (TPSA) is 62.5 Å². The van der Waals surface area contributed by atoms with E-state index in [0.29, 0.717) is 23.0 Å². The molecule has 0 aliphatic rings. The number of hydrogen-bond acceptors (Lipinski definition) is 4. The van der Waals surface area contributed by atoms with Crippen LogP contribution in [0.15, 0.2) is 182 Å². The minimum atomic E-state index is 0.590. The van der Waals surface area contributed by atoms with Crippen molar-refractivity contribution in [3.8, 4) is 84.7 Å². The lowest BCUT2D eigenvalue weighted by molar-refractivity contribution is 1.07. The summed E-state index contributed by atoms with van der Waals surface area (Å²) in [6, 6.07) is 64.1. The van der Waals surface area contributed by atoms with E-state index in [-0.39, 0.29) is 0 Å². The van der Waals surface area contributed by atoms with Crippen LogP contribution in [0.4, 0.5) is 0 Å². The average Bonchev–Trinajstić information content (AvgIpc) is 3.21. The Kier molecular flexibility index (Phi) is 8.29. The second-order valence-electron chi connectivity index (χ2n) is 12.0. The summed E-state index contributed by atoms with van der Waals surface area (Å²) < 4.78 is 0. The fraction of sp³-hybridized carbons (Fsp3) is 0. The Hall–Kier alpha value is -6.96. The Labute approximate surface area is 291 Å². The summed E-state index contributed by atoms with van der Waals surface area (Å²) in [7, 11) is 0. The molecule has 8 aromatic rings. The van der Waals surface area contributed by atoms with Gasteiger partial charge in [0.2, 0.25) is 0 Å². The van der Waals surface area contributed by atoms with Crippen molar-refractivity contribution in [1.29, 1.82) is 5.26 Å². The molecular weight excluding hydrogens is 609 g/mol. The summed E-state index contributed by atoms with van der Waals surface area (Å²) in [5, 5.41) is 9.22. The van der Waals surface area contributed by atoms with E-state index in [9.17, 15) is 5.26 Å². The van der Waals surface area contributed by atoms with Gasteiger partial charge in [-0.25, -0.2) is 15.0 Å². The number of benzene rings is 7.